The van der Waals surface area contributed by atoms with E-state index in [0.717, 1.165) is 5.56 Å². The molecule has 0 fully saturated rings. The molecule has 110 valence electrons. The second kappa shape index (κ2) is 7.04. The summed E-state index contributed by atoms with van der Waals surface area (Å²) in [6.45, 7) is 2.58. The molecule has 1 aromatic heterocycles. The second-order valence-electron chi connectivity index (χ2n) is 4.33. The number of benzene rings is 1. The van der Waals surface area contributed by atoms with Crippen molar-refractivity contribution in [1.82, 2.24) is 10.3 Å². The maximum Gasteiger partial charge on any atom is 0.254 e. The first-order valence-electron chi connectivity index (χ1n) is 6.53. The molecule has 0 aliphatic carbocycles. The molecule has 2 N–H and O–H groups in total. The van der Waals surface area contributed by atoms with Gasteiger partial charge in [-0.1, -0.05) is 29.8 Å². The Morgan fingerprint density at radius 3 is 2.81 bits per heavy atom. The highest BCUT2D eigenvalue weighted by Gasteiger charge is 2.15. The maximum absolute atomic E-state index is 14.1. The van der Waals surface area contributed by atoms with Crippen molar-refractivity contribution in [3.05, 3.63) is 58.5 Å². The van der Waals surface area contributed by atoms with Gasteiger partial charge in [-0.3, -0.25) is 4.79 Å². The van der Waals surface area contributed by atoms with Crippen LogP contribution >= 0.6 is 11.6 Å². The summed E-state index contributed by atoms with van der Waals surface area (Å²) in [5.41, 5.74) is 0.724. The molecule has 0 spiro atoms. The van der Waals surface area contributed by atoms with Crippen LogP contribution in [0.1, 0.15) is 22.8 Å². The Bertz CT molecular complexity index is 649. The quantitative estimate of drug-likeness (QED) is 0.891. The zero-order chi connectivity index (χ0) is 15.2. The van der Waals surface area contributed by atoms with Crippen LogP contribution in [-0.4, -0.2) is 17.4 Å². The first-order chi connectivity index (χ1) is 10.1. The molecule has 0 atom stereocenters. The van der Waals surface area contributed by atoms with E-state index in [2.05, 4.69) is 15.6 Å². The van der Waals surface area contributed by atoms with Crippen molar-refractivity contribution < 1.29 is 9.18 Å². The fourth-order valence-electron chi connectivity index (χ4n) is 1.82. The second-order valence-corrected chi connectivity index (χ2v) is 4.73. The molecule has 2 aromatic rings. The van der Waals surface area contributed by atoms with E-state index in [-0.39, 0.29) is 17.9 Å². The first-order valence-corrected chi connectivity index (χ1v) is 6.91. The van der Waals surface area contributed by atoms with Crippen LogP contribution in [0.3, 0.4) is 0 Å². The van der Waals surface area contributed by atoms with Gasteiger partial charge in [-0.2, -0.15) is 0 Å². The Labute approximate surface area is 127 Å². The highest BCUT2D eigenvalue weighted by atomic mass is 35.5. The molecule has 1 amide bonds. The number of amides is 1. The number of hydrogen-bond acceptors (Lipinski definition) is 3. The molecule has 21 heavy (non-hydrogen) atoms. The highest BCUT2D eigenvalue weighted by molar-refractivity contribution is 6.31. The van der Waals surface area contributed by atoms with Gasteiger partial charge in [0, 0.05) is 24.3 Å². The van der Waals surface area contributed by atoms with Gasteiger partial charge in [0.2, 0.25) is 0 Å². The van der Waals surface area contributed by atoms with Gasteiger partial charge in [0.25, 0.3) is 5.91 Å². The number of halogens is 2. The van der Waals surface area contributed by atoms with Gasteiger partial charge in [-0.25, -0.2) is 9.37 Å². The van der Waals surface area contributed by atoms with Gasteiger partial charge < -0.3 is 10.6 Å². The van der Waals surface area contributed by atoms with Crippen molar-refractivity contribution in [3.8, 4) is 0 Å². The number of carbonyl (C=O) groups is 1. The van der Waals surface area contributed by atoms with E-state index in [9.17, 15) is 9.18 Å². The summed E-state index contributed by atoms with van der Waals surface area (Å²) >= 11 is 6.01. The van der Waals surface area contributed by atoms with E-state index < -0.39 is 11.7 Å². The molecule has 2 rings (SSSR count). The lowest BCUT2D eigenvalue weighted by Gasteiger charge is -2.09. The molecule has 0 unspecified atom stereocenters. The normalized spacial score (nSPS) is 10.2. The third kappa shape index (κ3) is 3.70. The number of pyridine rings is 1. The lowest BCUT2D eigenvalue weighted by atomic mass is 10.2. The van der Waals surface area contributed by atoms with Crippen LogP contribution in [0.5, 0.6) is 0 Å². The third-order valence-electron chi connectivity index (χ3n) is 2.88. The average Bonchev–Trinajstić information content (AvgIpc) is 2.48. The Hall–Kier alpha value is -2.14. The van der Waals surface area contributed by atoms with Crippen LogP contribution in [0.2, 0.25) is 5.02 Å². The Balaban J connectivity index is 2.11. The summed E-state index contributed by atoms with van der Waals surface area (Å²) in [6, 6.07) is 8.51. The SMILES string of the molecule is CCNc1nccc(C(=O)NCc2ccccc2Cl)c1F. The lowest BCUT2D eigenvalue weighted by Crippen LogP contribution is -2.24. The number of nitrogens with one attached hydrogen (secondary N) is 2. The van der Waals surface area contributed by atoms with Crippen LogP contribution in [-0.2, 0) is 6.54 Å². The Morgan fingerprint density at radius 1 is 1.33 bits per heavy atom. The van der Waals surface area contributed by atoms with Gasteiger partial charge >= 0.3 is 0 Å². The Kier molecular flexibility index (Phi) is 5.11. The molecule has 0 aliphatic heterocycles. The number of nitrogens with zero attached hydrogens (tertiary/aromatic N) is 1. The van der Waals surface area contributed by atoms with Gasteiger partial charge in [0.15, 0.2) is 11.6 Å². The van der Waals surface area contributed by atoms with Crippen molar-refractivity contribution in [2.24, 2.45) is 0 Å². The number of carbonyl (C=O) groups excluding carboxylic acids is 1. The van der Waals surface area contributed by atoms with Gasteiger partial charge in [0.05, 0.1) is 5.56 Å². The van der Waals surface area contributed by atoms with E-state index in [1.807, 2.05) is 13.0 Å². The minimum atomic E-state index is -0.656. The smallest absolute Gasteiger partial charge is 0.254 e. The topological polar surface area (TPSA) is 54.0 Å². The van der Waals surface area contributed by atoms with Crippen molar-refractivity contribution in [3.63, 3.8) is 0 Å². The molecule has 0 saturated heterocycles. The van der Waals surface area contributed by atoms with Crippen molar-refractivity contribution >= 4 is 23.3 Å². The monoisotopic (exact) mass is 307 g/mol. The summed E-state index contributed by atoms with van der Waals surface area (Å²) in [7, 11) is 0. The van der Waals surface area contributed by atoms with E-state index in [1.54, 1.807) is 18.2 Å². The van der Waals surface area contributed by atoms with Crippen LogP contribution in [0.15, 0.2) is 36.5 Å². The number of aromatic nitrogens is 1. The lowest BCUT2D eigenvalue weighted by molar-refractivity contribution is 0.0947. The number of hydrogen-bond donors (Lipinski definition) is 2. The predicted octanol–water partition coefficient (Wildman–Crippen LogP) is 3.24. The first kappa shape index (κ1) is 15.3. The fourth-order valence-corrected chi connectivity index (χ4v) is 2.02. The minimum absolute atomic E-state index is 0.0481. The predicted molar refractivity (Wildman–Crippen MR) is 81.0 cm³/mol. The molecule has 0 saturated carbocycles. The summed E-state index contributed by atoms with van der Waals surface area (Å²) in [6.07, 6.45) is 1.39. The summed E-state index contributed by atoms with van der Waals surface area (Å²) in [4.78, 5) is 15.9. The van der Waals surface area contributed by atoms with Crippen LogP contribution in [0.4, 0.5) is 10.2 Å². The molecule has 1 aromatic carbocycles. The molecule has 1 heterocycles. The van der Waals surface area contributed by atoms with Crippen LogP contribution < -0.4 is 10.6 Å². The number of anilines is 1. The molecular weight excluding hydrogens is 293 g/mol. The van der Waals surface area contributed by atoms with Gasteiger partial charge in [-0.05, 0) is 24.6 Å². The average molecular weight is 308 g/mol. The van der Waals surface area contributed by atoms with E-state index in [0.29, 0.717) is 11.6 Å². The van der Waals surface area contributed by atoms with E-state index in [1.165, 1.54) is 12.3 Å². The van der Waals surface area contributed by atoms with Gasteiger partial charge in [-0.15, -0.1) is 0 Å². The summed E-state index contributed by atoms with van der Waals surface area (Å²) in [5.74, 6) is -1.09. The van der Waals surface area contributed by atoms with Crippen LogP contribution in [0.25, 0.3) is 0 Å². The Morgan fingerprint density at radius 2 is 2.10 bits per heavy atom. The van der Waals surface area contributed by atoms with Crippen molar-refractivity contribution in [2.45, 2.75) is 13.5 Å². The highest BCUT2D eigenvalue weighted by Crippen LogP contribution is 2.17. The molecule has 4 nitrogen and oxygen atoms in total. The van der Waals surface area contributed by atoms with Crippen molar-refractivity contribution in [1.29, 1.82) is 0 Å². The maximum atomic E-state index is 14.1. The minimum Gasteiger partial charge on any atom is -0.368 e. The number of rotatable bonds is 5. The van der Waals surface area contributed by atoms with Crippen molar-refractivity contribution in [2.75, 3.05) is 11.9 Å². The zero-order valence-corrected chi connectivity index (χ0v) is 12.2. The standard InChI is InChI=1S/C15H15ClFN3O/c1-2-18-14-13(17)11(7-8-19-14)15(21)20-9-10-5-3-4-6-12(10)16/h3-8H,2,9H2,1H3,(H,18,19)(H,20,21). The fraction of sp³-hybridized carbons (Fsp3) is 0.200. The summed E-state index contributed by atoms with van der Waals surface area (Å²) in [5, 5.41) is 5.97. The zero-order valence-electron chi connectivity index (χ0n) is 11.5. The molecule has 0 radical (unpaired) electrons. The molecular formula is C15H15ClFN3O. The molecule has 0 bridgehead atoms. The molecule has 6 heteroatoms. The van der Waals surface area contributed by atoms with E-state index in [4.69, 9.17) is 11.6 Å². The van der Waals surface area contributed by atoms with E-state index >= 15 is 0 Å². The molecule has 0 aliphatic rings. The van der Waals surface area contributed by atoms with Gasteiger partial charge in [0.1, 0.15) is 0 Å². The largest absolute Gasteiger partial charge is 0.368 e. The summed E-state index contributed by atoms with van der Waals surface area (Å²) < 4.78 is 14.1. The van der Waals surface area contributed by atoms with Crippen LogP contribution in [0, 0.1) is 5.82 Å². The third-order valence-corrected chi connectivity index (χ3v) is 3.24.